The standard InChI is InChI=1S/C59H41NO2/c1-59(2)53-37-45(26-34-50(53)58-57(59)51-13-7-9-15-55(51)62-58)43-24-32-48(33-25-43)60(46-28-20-41(21-29-46)40-18-16-39(17-19-40)38-10-4-3-5-11-38)47-30-22-42(23-31-47)44-27-35-56-52(36-44)49-12-6-8-14-54(49)61-56/h3-37H,1-2H3. The molecule has 3 nitrogen and oxygen atoms in total. The smallest absolute Gasteiger partial charge is 0.139 e. The zero-order valence-corrected chi connectivity index (χ0v) is 34.5. The van der Waals surface area contributed by atoms with Gasteiger partial charge in [0.25, 0.3) is 0 Å². The Bertz CT molecular complexity index is 3440. The number of hydrogen-bond acceptors (Lipinski definition) is 3. The van der Waals surface area contributed by atoms with Gasteiger partial charge in [0.15, 0.2) is 0 Å². The first-order valence-electron chi connectivity index (χ1n) is 21.3. The zero-order valence-electron chi connectivity index (χ0n) is 34.5. The number of furan rings is 2. The summed E-state index contributed by atoms with van der Waals surface area (Å²) in [6.45, 7) is 4.64. The van der Waals surface area contributed by atoms with Gasteiger partial charge >= 0.3 is 0 Å². The van der Waals surface area contributed by atoms with E-state index >= 15 is 0 Å². The third-order valence-corrected chi connectivity index (χ3v) is 12.9. The highest BCUT2D eigenvalue weighted by molar-refractivity contribution is 6.06. The highest BCUT2D eigenvalue weighted by Crippen LogP contribution is 2.53. The van der Waals surface area contributed by atoms with Crippen LogP contribution in [0.15, 0.2) is 221 Å². The fourth-order valence-electron chi connectivity index (χ4n) is 9.68. The minimum atomic E-state index is -0.176. The molecule has 0 atom stereocenters. The van der Waals surface area contributed by atoms with Crippen LogP contribution in [0.2, 0.25) is 0 Å². The van der Waals surface area contributed by atoms with E-state index in [1.165, 1.54) is 55.5 Å². The van der Waals surface area contributed by atoms with E-state index in [1.807, 2.05) is 18.2 Å². The monoisotopic (exact) mass is 795 g/mol. The minimum absolute atomic E-state index is 0.176. The van der Waals surface area contributed by atoms with Crippen molar-refractivity contribution in [3.05, 3.63) is 223 Å². The molecule has 0 N–H and O–H groups in total. The van der Waals surface area contributed by atoms with Crippen LogP contribution in [-0.4, -0.2) is 0 Å². The van der Waals surface area contributed by atoms with Crippen LogP contribution in [-0.2, 0) is 5.41 Å². The summed E-state index contributed by atoms with van der Waals surface area (Å²) in [6, 6.07) is 76.2. The predicted molar refractivity (Wildman–Crippen MR) is 257 cm³/mol. The van der Waals surface area contributed by atoms with E-state index in [2.05, 4.69) is 213 Å². The number of benzene rings is 9. The minimum Gasteiger partial charge on any atom is -0.456 e. The maximum Gasteiger partial charge on any atom is 0.139 e. The summed E-state index contributed by atoms with van der Waals surface area (Å²) in [5, 5.41) is 3.46. The van der Waals surface area contributed by atoms with Gasteiger partial charge < -0.3 is 13.7 Å². The Labute approximate surface area is 360 Å². The van der Waals surface area contributed by atoms with Crippen molar-refractivity contribution in [1.29, 1.82) is 0 Å². The lowest BCUT2D eigenvalue weighted by atomic mass is 9.80. The van der Waals surface area contributed by atoms with Crippen LogP contribution in [0.3, 0.4) is 0 Å². The second kappa shape index (κ2) is 14.1. The molecule has 0 saturated carbocycles. The van der Waals surface area contributed by atoms with E-state index in [1.54, 1.807) is 0 Å². The largest absolute Gasteiger partial charge is 0.456 e. The first-order chi connectivity index (χ1) is 30.5. The topological polar surface area (TPSA) is 29.5 Å². The summed E-state index contributed by atoms with van der Waals surface area (Å²) in [6.07, 6.45) is 0. The van der Waals surface area contributed by atoms with Crippen molar-refractivity contribution in [1.82, 2.24) is 0 Å². The molecule has 294 valence electrons. The van der Waals surface area contributed by atoms with E-state index in [0.717, 1.165) is 61.5 Å². The highest BCUT2D eigenvalue weighted by Gasteiger charge is 2.40. The Morgan fingerprint density at radius 2 is 0.758 bits per heavy atom. The molecular formula is C59H41NO2. The van der Waals surface area contributed by atoms with Crippen LogP contribution in [0, 0.1) is 0 Å². The van der Waals surface area contributed by atoms with Crippen LogP contribution >= 0.6 is 0 Å². The average molecular weight is 796 g/mol. The Hall–Kier alpha value is -7.88. The number of rotatable bonds is 7. The van der Waals surface area contributed by atoms with Gasteiger partial charge in [0.2, 0.25) is 0 Å². The van der Waals surface area contributed by atoms with Gasteiger partial charge in [0, 0.05) is 49.8 Å². The highest BCUT2D eigenvalue weighted by atomic mass is 16.3. The van der Waals surface area contributed by atoms with Gasteiger partial charge in [-0.3, -0.25) is 0 Å². The average Bonchev–Trinajstić information content (AvgIpc) is 3.98. The number of fused-ring (bicyclic) bond motifs is 8. The third-order valence-electron chi connectivity index (χ3n) is 12.9. The number of anilines is 3. The molecule has 0 spiro atoms. The van der Waals surface area contributed by atoms with Crippen LogP contribution < -0.4 is 4.90 Å². The molecule has 11 aromatic rings. The number of para-hydroxylation sites is 2. The van der Waals surface area contributed by atoms with Crippen molar-refractivity contribution >= 4 is 50.0 Å². The first kappa shape index (κ1) is 36.0. The number of hydrogen-bond donors (Lipinski definition) is 0. The molecule has 0 bridgehead atoms. The molecule has 12 rings (SSSR count). The van der Waals surface area contributed by atoms with Crippen LogP contribution in [0.5, 0.6) is 0 Å². The van der Waals surface area contributed by atoms with Crippen LogP contribution in [0.1, 0.15) is 25.0 Å². The van der Waals surface area contributed by atoms with E-state index in [0.29, 0.717) is 0 Å². The molecule has 0 fully saturated rings. The molecule has 1 aliphatic carbocycles. The van der Waals surface area contributed by atoms with Crippen LogP contribution in [0.25, 0.3) is 88.7 Å². The predicted octanol–water partition coefficient (Wildman–Crippen LogP) is 16.8. The van der Waals surface area contributed by atoms with Gasteiger partial charge in [-0.2, -0.15) is 0 Å². The summed E-state index contributed by atoms with van der Waals surface area (Å²) in [5.74, 6) is 1.00. The van der Waals surface area contributed by atoms with Gasteiger partial charge in [-0.05, 0) is 117 Å². The van der Waals surface area contributed by atoms with E-state index in [-0.39, 0.29) is 5.41 Å². The second-order valence-electron chi connectivity index (χ2n) is 16.9. The molecule has 0 amide bonds. The lowest BCUT2D eigenvalue weighted by Crippen LogP contribution is -2.15. The summed E-state index contributed by atoms with van der Waals surface area (Å²) < 4.78 is 12.6. The molecule has 0 aliphatic heterocycles. The molecule has 62 heavy (non-hydrogen) atoms. The maximum absolute atomic E-state index is 6.45. The van der Waals surface area contributed by atoms with Crippen molar-refractivity contribution in [3.8, 4) is 55.8 Å². The SMILES string of the molecule is CC1(C)c2cc(-c3ccc(N(c4ccc(-c5ccc(-c6ccccc6)cc5)cc4)c4ccc(-c5ccc6oc7ccccc7c6c5)cc4)cc3)ccc2-c2oc3ccccc3c21. The van der Waals surface area contributed by atoms with E-state index < -0.39 is 0 Å². The molecule has 0 unspecified atom stereocenters. The first-order valence-corrected chi connectivity index (χ1v) is 21.3. The quantitative estimate of drug-likeness (QED) is 0.161. The fourth-order valence-corrected chi connectivity index (χ4v) is 9.68. The van der Waals surface area contributed by atoms with Gasteiger partial charge in [-0.1, -0.05) is 159 Å². The molecule has 9 aromatic carbocycles. The van der Waals surface area contributed by atoms with Crippen molar-refractivity contribution < 1.29 is 8.83 Å². The van der Waals surface area contributed by atoms with E-state index in [9.17, 15) is 0 Å². The van der Waals surface area contributed by atoms with E-state index in [4.69, 9.17) is 8.83 Å². The Morgan fingerprint density at radius 1 is 0.339 bits per heavy atom. The molecular weight excluding hydrogens is 755 g/mol. The van der Waals surface area contributed by atoms with Crippen molar-refractivity contribution in [2.45, 2.75) is 19.3 Å². The van der Waals surface area contributed by atoms with Crippen LogP contribution in [0.4, 0.5) is 17.1 Å². The Morgan fingerprint density at radius 3 is 1.35 bits per heavy atom. The number of nitrogens with zero attached hydrogens (tertiary/aromatic N) is 1. The lowest BCUT2D eigenvalue weighted by molar-refractivity contribution is 0.619. The molecule has 0 radical (unpaired) electrons. The summed E-state index contributed by atoms with van der Waals surface area (Å²) >= 11 is 0. The lowest BCUT2D eigenvalue weighted by Gasteiger charge is -2.26. The molecule has 0 saturated heterocycles. The van der Waals surface area contributed by atoms with Crippen molar-refractivity contribution in [2.24, 2.45) is 0 Å². The molecule has 2 heterocycles. The van der Waals surface area contributed by atoms with Gasteiger partial charge in [0.1, 0.15) is 22.5 Å². The summed E-state index contributed by atoms with van der Waals surface area (Å²) in [7, 11) is 0. The van der Waals surface area contributed by atoms with Crippen molar-refractivity contribution in [3.63, 3.8) is 0 Å². The van der Waals surface area contributed by atoms with Gasteiger partial charge in [0.05, 0.1) is 0 Å². The second-order valence-corrected chi connectivity index (χ2v) is 16.9. The molecule has 3 heteroatoms. The third kappa shape index (κ3) is 5.89. The van der Waals surface area contributed by atoms with Crippen molar-refractivity contribution in [2.75, 3.05) is 4.90 Å². The summed E-state index contributed by atoms with van der Waals surface area (Å²) in [5.41, 5.74) is 19.1. The maximum atomic E-state index is 6.45. The summed E-state index contributed by atoms with van der Waals surface area (Å²) in [4.78, 5) is 2.34. The Balaban J connectivity index is 0.892. The molecule has 2 aromatic heterocycles. The fraction of sp³-hybridized carbons (Fsp3) is 0.0508. The molecule has 1 aliphatic rings. The van der Waals surface area contributed by atoms with Gasteiger partial charge in [-0.15, -0.1) is 0 Å². The van der Waals surface area contributed by atoms with Gasteiger partial charge in [-0.25, -0.2) is 0 Å². The Kier molecular flexibility index (Phi) is 8.20. The normalized spacial score (nSPS) is 12.8. The zero-order chi connectivity index (χ0) is 41.4.